The number of fused-ring (bicyclic) bond motifs is 1. The molecule has 4 nitrogen and oxygen atoms in total. The topological polar surface area (TPSA) is 41.0 Å². The summed E-state index contributed by atoms with van der Waals surface area (Å²) in [5.74, 6) is 2.92. The van der Waals surface area contributed by atoms with Crippen molar-refractivity contribution in [1.82, 2.24) is 9.97 Å². The van der Waals surface area contributed by atoms with E-state index >= 15 is 0 Å². The van der Waals surface area contributed by atoms with Crippen molar-refractivity contribution in [2.75, 3.05) is 30.1 Å². The molecule has 0 radical (unpaired) electrons. The summed E-state index contributed by atoms with van der Waals surface area (Å²) in [6.07, 6.45) is 10.3. The Morgan fingerprint density at radius 1 is 1.20 bits per heavy atom. The molecule has 0 amide bonds. The molecule has 3 rings (SSSR count). The second-order valence-electron chi connectivity index (χ2n) is 5.80. The number of nitrogens with one attached hydrogen (secondary N) is 1. The van der Waals surface area contributed by atoms with Crippen LogP contribution in [0.2, 0.25) is 0 Å². The van der Waals surface area contributed by atoms with Gasteiger partial charge in [0.1, 0.15) is 11.6 Å². The van der Waals surface area contributed by atoms with E-state index in [2.05, 4.69) is 21.3 Å². The Labute approximate surface area is 125 Å². The number of aromatic nitrogens is 2. The van der Waals surface area contributed by atoms with E-state index in [1.54, 1.807) is 11.8 Å². The zero-order chi connectivity index (χ0) is 13.9. The maximum atomic E-state index is 4.75. The molecular weight excluding hydrogens is 268 g/mol. The molecule has 5 heteroatoms. The molecule has 2 fully saturated rings. The summed E-state index contributed by atoms with van der Waals surface area (Å²) in [6.45, 7) is 1.15. The monoisotopic (exact) mass is 292 g/mol. The molecule has 20 heavy (non-hydrogen) atoms. The van der Waals surface area contributed by atoms with E-state index in [0.29, 0.717) is 6.04 Å². The molecule has 0 spiro atoms. The number of rotatable bonds is 3. The van der Waals surface area contributed by atoms with Crippen LogP contribution in [0.5, 0.6) is 0 Å². The number of hydrogen-bond acceptors (Lipinski definition) is 5. The second kappa shape index (κ2) is 6.20. The van der Waals surface area contributed by atoms with Gasteiger partial charge in [0.2, 0.25) is 0 Å². The van der Waals surface area contributed by atoms with Crippen LogP contribution in [0, 0.1) is 5.92 Å². The van der Waals surface area contributed by atoms with Gasteiger partial charge >= 0.3 is 0 Å². The van der Waals surface area contributed by atoms with Crippen LogP contribution in [0.15, 0.2) is 11.2 Å². The van der Waals surface area contributed by atoms with Crippen molar-refractivity contribution < 1.29 is 0 Å². The fraction of sp³-hybridized carbons (Fsp3) is 0.733. The lowest BCUT2D eigenvalue weighted by Gasteiger charge is -2.44. The molecule has 1 saturated heterocycles. The summed E-state index contributed by atoms with van der Waals surface area (Å²) >= 11 is 1.62. The van der Waals surface area contributed by atoms with E-state index in [-0.39, 0.29) is 0 Å². The minimum Gasteiger partial charge on any atom is -0.373 e. The van der Waals surface area contributed by atoms with Gasteiger partial charge in [0.05, 0.1) is 0 Å². The van der Waals surface area contributed by atoms with Gasteiger partial charge in [-0.3, -0.25) is 0 Å². The maximum Gasteiger partial charge on any atom is 0.191 e. The normalized spacial score (nSPS) is 26.2. The molecule has 0 bridgehead atoms. The lowest BCUT2D eigenvalue weighted by molar-refractivity contribution is 0.242. The Hall–Kier alpha value is -0.970. The summed E-state index contributed by atoms with van der Waals surface area (Å²) in [5, 5.41) is 4.03. The van der Waals surface area contributed by atoms with Crippen molar-refractivity contribution >= 4 is 23.4 Å². The molecule has 1 N–H and O–H groups in total. The first-order valence-electron chi connectivity index (χ1n) is 7.69. The Morgan fingerprint density at radius 3 is 2.80 bits per heavy atom. The molecule has 1 aliphatic carbocycles. The first-order valence-corrected chi connectivity index (χ1v) is 8.92. The lowest BCUT2D eigenvalue weighted by Crippen LogP contribution is -2.47. The van der Waals surface area contributed by atoms with Crippen LogP contribution >= 0.6 is 11.8 Å². The number of nitrogens with zero attached hydrogens (tertiary/aromatic N) is 3. The molecule has 1 aromatic rings. The van der Waals surface area contributed by atoms with Crippen molar-refractivity contribution in [1.29, 1.82) is 0 Å². The molecule has 2 heterocycles. The Morgan fingerprint density at radius 2 is 2.00 bits per heavy atom. The number of anilines is 2. The van der Waals surface area contributed by atoms with Crippen LogP contribution in [-0.4, -0.2) is 35.9 Å². The fourth-order valence-corrected chi connectivity index (χ4v) is 4.06. The van der Waals surface area contributed by atoms with Gasteiger partial charge in [-0.1, -0.05) is 24.6 Å². The smallest absolute Gasteiger partial charge is 0.191 e. The standard InChI is InChI=1S/C15H24N4S/c1-16-13-10-14(18-15(17-13)20-2)19-9-5-7-11-6-3-4-8-12(11)19/h10-12H,3-9H2,1-2H3,(H,16,17,18)/t11-,12-/m1/s1. The second-order valence-corrected chi connectivity index (χ2v) is 6.57. The SMILES string of the molecule is CNc1cc(N2CCC[C@H]3CCCC[C@H]32)nc(SC)n1. The Bertz CT molecular complexity index is 441. The van der Waals surface area contributed by atoms with Gasteiger partial charge in [-0.2, -0.15) is 0 Å². The van der Waals surface area contributed by atoms with Crippen molar-refractivity contribution in [2.45, 2.75) is 49.7 Å². The molecule has 1 aliphatic heterocycles. The maximum absolute atomic E-state index is 4.75. The van der Waals surface area contributed by atoms with Gasteiger partial charge in [0.25, 0.3) is 0 Å². The highest BCUT2D eigenvalue weighted by Crippen LogP contribution is 2.37. The molecule has 0 aromatic carbocycles. The predicted octanol–water partition coefficient (Wildman–Crippen LogP) is 3.40. The minimum atomic E-state index is 0.701. The van der Waals surface area contributed by atoms with E-state index in [0.717, 1.165) is 29.3 Å². The zero-order valence-electron chi connectivity index (χ0n) is 12.4. The lowest BCUT2D eigenvalue weighted by atomic mass is 9.78. The summed E-state index contributed by atoms with van der Waals surface area (Å²) in [4.78, 5) is 11.8. The van der Waals surface area contributed by atoms with Gasteiger partial charge in [0.15, 0.2) is 5.16 Å². The molecule has 1 aromatic heterocycles. The summed E-state index contributed by atoms with van der Waals surface area (Å²) < 4.78 is 0. The molecule has 2 atom stereocenters. The number of piperidine rings is 1. The van der Waals surface area contributed by atoms with Crippen LogP contribution in [-0.2, 0) is 0 Å². The molecular formula is C15H24N4S. The molecule has 110 valence electrons. The van der Waals surface area contributed by atoms with Crippen molar-refractivity contribution in [2.24, 2.45) is 5.92 Å². The van der Waals surface area contributed by atoms with Crippen LogP contribution < -0.4 is 10.2 Å². The number of thioether (sulfide) groups is 1. The average Bonchev–Trinajstić information content (AvgIpc) is 2.53. The van der Waals surface area contributed by atoms with Crippen molar-refractivity contribution in [3.63, 3.8) is 0 Å². The summed E-state index contributed by atoms with van der Waals surface area (Å²) in [6, 6.07) is 2.81. The summed E-state index contributed by atoms with van der Waals surface area (Å²) in [5.41, 5.74) is 0. The molecule has 2 aliphatic rings. The first-order chi connectivity index (χ1) is 9.81. The van der Waals surface area contributed by atoms with Gasteiger partial charge in [0, 0.05) is 25.7 Å². The van der Waals surface area contributed by atoms with Gasteiger partial charge < -0.3 is 10.2 Å². The van der Waals surface area contributed by atoms with E-state index in [9.17, 15) is 0 Å². The van der Waals surface area contributed by atoms with Crippen LogP contribution in [0.3, 0.4) is 0 Å². The predicted molar refractivity (Wildman–Crippen MR) is 85.7 cm³/mol. The summed E-state index contributed by atoms with van der Waals surface area (Å²) in [7, 11) is 1.93. The largest absolute Gasteiger partial charge is 0.373 e. The van der Waals surface area contributed by atoms with Gasteiger partial charge in [-0.15, -0.1) is 0 Å². The van der Waals surface area contributed by atoms with Crippen LogP contribution in [0.1, 0.15) is 38.5 Å². The van der Waals surface area contributed by atoms with E-state index < -0.39 is 0 Å². The van der Waals surface area contributed by atoms with Gasteiger partial charge in [-0.05, 0) is 37.9 Å². The zero-order valence-corrected chi connectivity index (χ0v) is 13.2. The highest BCUT2D eigenvalue weighted by Gasteiger charge is 2.34. The first kappa shape index (κ1) is 14.0. The van der Waals surface area contributed by atoms with Crippen molar-refractivity contribution in [3.05, 3.63) is 6.07 Å². The van der Waals surface area contributed by atoms with E-state index in [1.807, 2.05) is 13.3 Å². The Kier molecular flexibility index (Phi) is 4.34. The quantitative estimate of drug-likeness (QED) is 0.683. The third-order valence-electron chi connectivity index (χ3n) is 4.67. The van der Waals surface area contributed by atoms with Crippen LogP contribution in [0.4, 0.5) is 11.6 Å². The van der Waals surface area contributed by atoms with E-state index in [4.69, 9.17) is 4.98 Å². The highest BCUT2D eigenvalue weighted by molar-refractivity contribution is 7.98. The minimum absolute atomic E-state index is 0.701. The Balaban J connectivity index is 1.90. The van der Waals surface area contributed by atoms with Crippen molar-refractivity contribution in [3.8, 4) is 0 Å². The highest BCUT2D eigenvalue weighted by atomic mass is 32.2. The third-order valence-corrected chi connectivity index (χ3v) is 5.22. The average molecular weight is 292 g/mol. The van der Waals surface area contributed by atoms with Gasteiger partial charge in [-0.25, -0.2) is 9.97 Å². The van der Waals surface area contributed by atoms with Crippen LogP contribution in [0.25, 0.3) is 0 Å². The fourth-order valence-electron chi connectivity index (χ4n) is 3.69. The molecule has 0 unspecified atom stereocenters. The van der Waals surface area contributed by atoms with E-state index in [1.165, 1.54) is 38.5 Å². The number of hydrogen-bond donors (Lipinski definition) is 1. The third kappa shape index (κ3) is 2.73. The molecule has 1 saturated carbocycles.